The largest absolute Gasteiger partial charge is 0.352 e. The Hall–Kier alpha value is -2.10. The number of hydrogen-bond donors (Lipinski definition) is 2. The number of H-pyrrole nitrogens is 1. The van der Waals surface area contributed by atoms with Gasteiger partial charge in [-0.25, -0.2) is 0 Å². The second-order valence-electron chi connectivity index (χ2n) is 7.20. The average Bonchev–Trinajstić information content (AvgIpc) is 3.08. The van der Waals surface area contributed by atoms with Crippen molar-refractivity contribution in [2.45, 2.75) is 53.0 Å². The summed E-state index contributed by atoms with van der Waals surface area (Å²) in [6.45, 7) is 6.38. The molecule has 2 aromatic rings. The lowest BCUT2D eigenvalue weighted by atomic mass is 9.92. The highest BCUT2D eigenvalue weighted by Crippen LogP contribution is 2.31. The first kappa shape index (κ1) is 16.7. The van der Waals surface area contributed by atoms with Gasteiger partial charge in [0, 0.05) is 23.5 Å². The minimum Gasteiger partial charge on any atom is -0.352 e. The van der Waals surface area contributed by atoms with Gasteiger partial charge in [-0.05, 0) is 67.3 Å². The lowest BCUT2D eigenvalue weighted by Gasteiger charge is -2.18. The molecule has 0 aliphatic heterocycles. The highest BCUT2D eigenvalue weighted by molar-refractivity contribution is 5.81. The molecular formula is C20H26N2O2. The zero-order valence-corrected chi connectivity index (χ0v) is 14.7. The lowest BCUT2D eigenvalue weighted by Crippen LogP contribution is -2.33. The normalized spacial score (nSPS) is 16.5. The molecule has 0 bridgehead atoms. The van der Waals surface area contributed by atoms with Gasteiger partial charge >= 0.3 is 0 Å². The van der Waals surface area contributed by atoms with Crippen LogP contribution < -0.4 is 10.9 Å². The van der Waals surface area contributed by atoms with E-state index in [-0.39, 0.29) is 23.9 Å². The second-order valence-corrected chi connectivity index (χ2v) is 7.20. The van der Waals surface area contributed by atoms with Gasteiger partial charge < -0.3 is 10.3 Å². The summed E-state index contributed by atoms with van der Waals surface area (Å²) in [6.07, 6.45) is 4.74. The van der Waals surface area contributed by atoms with E-state index in [1.807, 2.05) is 26.0 Å². The molecule has 4 nitrogen and oxygen atoms in total. The molecule has 4 heteroatoms. The summed E-state index contributed by atoms with van der Waals surface area (Å²) in [4.78, 5) is 27.5. The zero-order valence-electron chi connectivity index (χ0n) is 14.7. The van der Waals surface area contributed by atoms with Gasteiger partial charge in [0.05, 0.1) is 0 Å². The fourth-order valence-electron chi connectivity index (χ4n) is 3.67. The maximum Gasteiger partial charge on any atom is 0.253 e. The van der Waals surface area contributed by atoms with Crippen LogP contribution in [-0.4, -0.2) is 10.9 Å². The van der Waals surface area contributed by atoms with Gasteiger partial charge in [0.2, 0.25) is 5.91 Å². The van der Waals surface area contributed by atoms with Crippen LogP contribution in [0.15, 0.2) is 23.0 Å². The molecule has 3 rings (SSSR count). The predicted octanol–water partition coefficient (Wildman–Crippen LogP) is 3.59. The third-order valence-electron chi connectivity index (χ3n) is 5.51. The van der Waals surface area contributed by atoms with Crippen molar-refractivity contribution in [3.63, 3.8) is 0 Å². The standard InChI is InChI=1S/C20H26N2O2/c1-12-8-16-10-17(20(24)22-18(16)9-13(12)2)11-21-19(23)14(3)15-6-4-5-7-15/h8-10,14-15H,4-7,11H2,1-3H3,(H,21,23)(H,22,24). The number of benzene rings is 1. The van der Waals surface area contributed by atoms with Gasteiger partial charge in [-0.15, -0.1) is 0 Å². The van der Waals surface area contributed by atoms with Crippen LogP contribution in [0.3, 0.4) is 0 Å². The Bertz CT molecular complexity index is 816. The number of fused-ring (bicyclic) bond motifs is 1. The Labute approximate surface area is 142 Å². The summed E-state index contributed by atoms with van der Waals surface area (Å²) in [5.74, 6) is 0.573. The topological polar surface area (TPSA) is 62.0 Å². The molecule has 0 radical (unpaired) electrons. The van der Waals surface area contributed by atoms with Crippen LogP contribution in [0.2, 0.25) is 0 Å². The summed E-state index contributed by atoms with van der Waals surface area (Å²) in [5, 5.41) is 3.95. The van der Waals surface area contributed by atoms with Gasteiger partial charge in [0.25, 0.3) is 5.56 Å². The second kappa shape index (κ2) is 6.80. The lowest BCUT2D eigenvalue weighted by molar-refractivity contribution is -0.126. The molecule has 1 unspecified atom stereocenters. The van der Waals surface area contributed by atoms with Crippen molar-refractivity contribution in [2.24, 2.45) is 11.8 Å². The van der Waals surface area contributed by atoms with Gasteiger partial charge in [0.15, 0.2) is 0 Å². The predicted molar refractivity (Wildman–Crippen MR) is 97.0 cm³/mol. The Balaban J connectivity index is 1.75. The summed E-state index contributed by atoms with van der Waals surface area (Å²) in [5.41, 5.74) is 3.68. The molecule has 1 saturated carbocycles. The summed E-state index contributed by atoms with van der Waals surface area (Å²) >= 11 is 0. The highest BCUT2D eigenvalue weighted by atomic mass is 16.2. The first-order valence-electron chi connectivity index (χ1n) is 8.86. The molecule has 1 aliphatic carbocycles. The van der Waals surface area contributed by atoms with E-state index in [1.54, 1.807) is 0 Å². The number of aromatic amines is 1. The Morgan fingerprint density at radius 1 is 1.21 bits per heavy atom. The molecule has 1 aromatic carbocycles. The molecular weight excluding hydrogens is 300 g/mol. The van der Waals surface area contributed by atoms with Crippen LogP contribution in [0.25, 0.3) is 10.9 Å². The Kier molecular flexibility index (Phi) is 4.74. The van der Waals surface area contributed by atoms with E-state index in [1.165, 1.54) is 18.4 Å². The number of carbonyl (C=O) groups excluding carboxylic acids is 1. The van der Waals surface area contributed by atoms with E-state index in [2.05, 4.69) is 23.3 Å². The van der Waals surface area contributed by atoms with E-state index in [9.17, 15) is 9.59 Å². The van der Waals surface area contributed by atoms with E-state index in [0.717, 1.165) is 29.3 Å². The van der Waals surface area contributed by atoms with Gasteiger partial charge in [-0.1, -0.05) is 19.8 Å². The van der Waals surface area contributed by atoms with Crippen LogP contribution in [-0.2, 0) is 11.3 Å². The van der Waals surface area contributed by atoms with Crippen molar-refractivity contribution < 1.29 is 4.79 Å². The van der Waals surface area contributed by atoms with E-state index >= 15 is 0 Å². The number of amides is 1. The van der Waals surface area contributed by atoms with Gasteiger partial charge in [0.1, 0.15) is 0 Å². The van der Waals surface area contributed by atoms with Crippen molar-refractivity contribution in [2.75, 3.05) is 0 Å². The van der Waals surface area contributed by atoms with Crippen LogP contribution in [0.4, 0.5) is 0 Å². The number of rotatable bonds is 4. The number of carbonyl (C=O) groups is 1. The summed E-state index contributed by atoms with van der Waals surface area (Å²) < 4.78 is 0. The summed E-state index contributed by atoms with van der Waals surface area (Å²) in [6, 6.07) is 5.96. The van der Waals surface area contributed by atoms with Crippen molar-refractivity contribution in [3.05, 3.63) is 45.2 Å². The number of nitrogens with one attached hydrogen (secondary N) is 2. The SMILES string of the molecule is Cc1cc2cc(CNC(=O)C(C)C3CCCC3)c(=O)[nH]c2cc1C. The number of pyridine rings is 1. The van der Waals surface area contributed by atoms with Crippen LogP contribution in [0.5, 0.6) is 0 Å². The van der Waals surface area contributed by atoms with Crippen LogP contribution >= 0.6 is 0 Å². The molecule has 1 fully saturated rings. The molecule has 1 atom stereocenters. The molecule has 1 amide bonds. The molecule has 24 heavy (non-hydrogen) atoms. The molecule has 128 valence electrons. The van der Waals surface area contributed by atoms with Crippen LogP contribution in [0.1, 0.15) is 49.3 Å². The van der Waals surface area contributed by atoms with Crippen molar-refractivity contribution in [1.29, 1.82) is 0 Å². The van der Waals surface area contributed by atoms with Crippen molar-refractivity contribution in [1.82, 2.24) is 10.3 Å². The maximum absolute atomic E-state index is 12.4. The molecule has 2 N–H and O–H groups in total. The highest BCUT2D eigenvalue weighted by Gasteiger charge is 2.26. The monoisotopic (exact) mass is 326 g/mol. The molecule has 1 heterocycles. The van der Waals surface area contributed by atoms with Gasteiger partial charge in [-0.3, -0.25) is 9.59 Å². The third-order valence-corrected chi connectivity index (χ3v) is 5.51. The molecule has 0 saturated heterocycles. The van der Waals surface area contributed by atoms with E-state index < -0.39 is 0 Å². The zero-order chi connectivity index (χ0) is 17.3. The number of hydrogen-bond acceptors (Lipinski definition) is 2. The minimum atomic E-state index is -0.125. The van der Waals surface area contributed by atoms with E-state index in [4.69, 9.17) is 0 Å². The first-order chi connectivity index (χ1) is 11.5. The van der Waals surface area contributed by atoms with E-state index in [0.29, 0.717) is 11.5 Å². The fraction of sp³-hybridized carbons (Fsp3) is 0.500. The van der Waals surface area contributed by atoms with Crippen molar-refractivity contribution in [3.8, 4) is 0 Å². The fourth-order valence-corrected chi connectivity index (χ4v) is 3.67. The summed E-state index contributed by atoms with van der Waals surface area (Å²) in [7, 11) is 0. The third kappa shape index (κ3) is 3.37. The molecule has 0 spiro atoms. The Morgan fingerprint density at radius 2 is 1.88 bits per heavy atom. The smallest absolute Gasteiger partial charge is 0.253 e. The Morgan fingerprint density at radius 3 is 2.58 bits per heavy atom. The van der Waals surface area contributed by atoms with Crippen LogP contribution in [0, 0.1) is 25.7 Å². The van der Waals surface area contributed by atoms with Gasteiger partial charge in [-0.2, -0.15) is 0 Å². The number of aromatic nitrogens is 1. The average molecular weight is 326 g/mol. The quantitative estimate of drug-likeness (QED) is 0.902. The molecule has 1 aliphatic rings. The first-order valence-corrected chi connectivity index (χ1v) is 8.86. The number of aryl methyl sites for hydroxylation is 2. The molecule has 1 aromatic heterocycles. The van der Waals surface area contributed by atoms with Crippen molar-refractivity contribution >= 4 is 16.8 Å². The maximum atomic E-state index is 12.4. The minimum absolute atomic E-state index is 0.0249.